The molecule has 1 fully saturated rings. The lowest BCUT2D eigenvalue weighted by molar-refractivity contribution is 0.0592. The lowest BCUT2D eigenvalue weighted by Gasteiger charge is -2.31. The van der Waals surface area contributed by atoms with E-state index in [0.717, 1.165) is 31.4 Å². The van der Waals surface area contributed by atoms with Crippen molar-refractivity contribution in [2.75, 3.05) is 7.11 Å². The van der Waals surface area contributed by atoms with E-state index < -0.39 is 0 Å². The lowest BCUT2D eigenvalue weighted by Crippen LogP contribution is -2.25. The van der Waals surface area contributed by atoms with Crippen LogP contribution in [0, 0.1) is 5.92 Å². The predicted molar refractivity (Wildman–Crippen MR) is 76.6 cm³/mol. The Morgan fingerprint density at radius 3 is 2.75 bits per heavy atom. The molecule has 0 saturated heterocycles. The first-order chi connectivity index (χ1) is 9.72. The van der Waals surface area contributed by atoms with Crippen molar-refractivity contribution in [1.29, 1.82) is 0 Å². The van der Waals surface area contributed by atoms with Gasteiger partial charge in [-0.2, -0.15) is 0 Å². The van der Waals surface area contributed by atoms with E-state index in [4.69, 9.17) is 4.74 Å². The Morgan fingerprint density at radius 1 is 1.35 bits per heavy atom. The zero-order chi connectivity index (χ0) is 14.5. The van der Waals surface area contributed by atoms with E-state index in [2.05, 4.69) is 24.2 Å². The molecular formula is C15H25N3O2. The predicted octanol–water partition coefficient (Wildman–Crippen LogP) is 3.16. The fourth-order valence-corrected chi connectivity index (χ4v) is 3.29. The SMILES string of the molecule is CCCc1c(C(=O)OC)nnn1C1CCCCC1CC. The third kappa shape index (κ3) is 2.86. The van der Waals surface area contributed by atoms with Gasteiger partial charge in [0.1, 0.15) is 0 Å². The van der Waals surface area contributed by atoms with Crippen molar-refractivity contribution in [2.24, 2.45) is 5.92 Å². The van der Waals surface area contributed by atoms with Gasteiger partial charge in [-0.25, -0.2) is 9.48 Å². The molecule has 0 aromatic carbocycles. The first kappa shape index (κ1) is 15.0. The Kier molecular flexibility index (Phi) is 5.15. The van der Waals surface area contributed by atoms with Crippen molar-refractivity contribution in [3.8, 4) is 0 Å². The summed E-state index contributed by atoms with van der Waals surface area (Å²) in [4.78, 5) is 11.8. The molecule has 1 aromatic rings. The third-order valence-electron chi connectivity index (χ3n) is 4.36. The number of esters is 1. The summed E-state index contributed by atoms with van der Waals surface area (Å²) < 4.78 is 6.84. The van der Waals surface area contributed by atoms with Crippen LogP contribution < -0.4 is 0 Å². The second kappa shape index (κ2) is 6.86. The molecule has 1 aliphatic rings. The highest BCUT2D eigenvalue weighted by atomic mass is 16.5. The van der Waals surface area contributed by atoms with Crippen molar-refractivity contribution >= 4 is 5.97 Å². The van der Waals surface area contributed by atoms with Crippen LogP contribution in [-0.2, 0) is 11.2 Å². The highest BCUT2D eigenvalue weighted by molar-refractivity contribution is 5.88. The van der Waals surface area contributed by atoms with Crippen molar-refractivity contribution in [2.45, 2.75) is 64.8 Å². The Hall–Kier alpha value is -1.39. The molecule has 0 amide bonds. The maximum absolute atomic E-state index is 11.8. The molecule has 0 spiro atoms. The standard InChI is InChI=1S/C15H25N3O2/c1-4-8-13-14(15(19)20-3)16-17-18(13)12-10-7-6-9-11(12)5-2/h11-12H,4-10H2,1-3H3. The van der Waals surface area contributed by atoms with E-state index in [1.165, 1.54) is 26.4 Å². The van der Waals surface area contributed by atoms with Gasteiger partial charge in [-0.05, 0) is 25.2 Å². The largest absolute Gasteiger partial charge is 0.464 e. The summed E-state index contributed by atoms with van der Waals surface area (Å²) >= 11 is 0. The number of nitrogens with zero attached hydrogens (tertiary/aromatic N) is 3. The number of hydrogen-bond acceptors (Lipinski definition) is 4. The molecule has 2 unspecified atom stereocenters. The van der Waals surface area contributed by atoms with Crippen molar-refractivity contribution in [3.05, 3.63) is 11.4 Å². The first-order valence-corrected chi connectivity index (χ1v) is 7.75. The van der Waals surface area contributed by atoms with Gasteiger partial charge >= 0.3 is 5.97 Å². The second-order valence-corrected chi connectivity index (χ2v) is 5.59. The molecule has 20 heavy (non-hydrogen) atoms. The summed E-state index contributed by atoms with van der Waals surface area (Å²) in [6.07, 6.45) is 7.88. The van der Waals surface area contributed by atoms with Gasteiger partial charge in [0.25, 0.3) is 0 Å². The Balaban J connectivity index is 2.34. The number of hydrogen-bond donors (Lipinski definition) is 0. The highest BCUT2D eigenvalue weighted by Gasteiger charge is 2.30. The molecule has 1 aliphatic carbocycles. The molecule has 0 aliphatic heterocycles. The van der Waals surface area contributed by atoms with Crippen LogP contribution in [-0.4, -0.2) is 28.1 Å². The van der Waals surface area contributed by atoms with Crippen LogP contribution in [0.4, 0.5) is 0 Å². The summed E-state index contributed by atoms with van der Waals surface area (Å²) in [6.45, 7) is 4.34. The molecule has 0 bridgehead atoms. The minimum atomic E-state index is -0.372. The minimum absolute atomic E-state index is 0.372. The topological polar surface area (TPSA) is 57.0 Å². The van der Waals surface area contributed by atoms with Crippen molar-refractivity contribution in [1.82, 2.24) is 15.0 Å². The van der Waals surface area contributed by atoms with E-state index in [9.17, 15) is 4.79 Å². The van der Waals surface area contributed by atoms with Gasteiger partial charge in [-0.15, -0.1) is 5.10 Å². The van der Waals surface area contributed by atoms with E-state index in [1.54, 1.807) is 0 Å². The lowest BCUT2D eigenvalue weighted by atomic mass is 9.83. The average Bonchev–Trinajstić information content (AvgIpc) is 2.90. The van der Waals surface area contributed by atoms with E-state index in [-0.39, 0.29) is 5.97 Å². The molecule has 1 saturated carbocycles. The van der Waals surface area contributed by atoms with Crippen LogP contribution in [0.5, 0.6) is 0 Å². The molecular weight excluding hydrogens is 254 g/mol. The van der Waals surface area contributed by atoms with Crippen LogP contribution in [0.15, 0.2) is 0 Å². The molecule has 5 heteroatoms. The normalized spacial score (nSPS) is 22.8. The highest BCUT2D eigenvalue weighted by Crippen LogP contribution is 2.36. The molecule has 0 radical (unpaired) electrons. The van der Waals surface area contributed by atoms with Gasteiger partial charge in [-0.1, -0.05) is 44.7 Å². The number of aromatic nitrogens is 3. The van der Waals surface area contributed by atoms with Gasteiger partial charge in [0.2, 0.25) is 0 Å². The van der Waals surface area contributed by atoms with Crippen molar-refractivity contribution < 1.29 is 9.53 Å². The molecule has 1 aromatic heterocycles. The van der Waals surface area contributed by atoms with Crippen molar-refractivity contribution in [3.63, 3.8) is 0 Å². The third-order valence-corrected chi connectivity index (χ3v) is 4.36. The number of ether oxygens (including phenoxy) is 1. The van der Waals surface area contributed by atoms with Crippen LogP contribution in [0.1, 0.15) is 74.6 Å². The Labute approximate surface area is 120 Å². The summed E-state index contributed by atoms with van der Waals surface area (Å²) in [7, 11) is 1.40. The van der Waals surface area contributed by atoms with Gasteiger partial charge in [-0.3, -0.25) is 0 Å². The summed E-state index contributed by atoms with van der Waals surface area (Å²) in [5.74, 6) is 0.273. The maximum atomic E-state index is 11.8. The number of carbonyl (C=O) groups is 1. The quantitative estimate of drug-likeness (QED) is 0.777. The van der Waals surface area contributed by atoms with Crippen LogP contribution in [0.2, 0.25) is 0 Å². The van der Waals surface area contributed by atoms with Crippen LogP contribution in [0.3, 0.4) is 0 Å². The number of carbonyl (C=O) groups excluding carboxylic acids is 1. The molecule has 112 valence electrons. The smallest absolute Gasteiger partial charge is 0.360 e. The maximum Gasteiger partial charge on any atom is 0.360 e. The molecule has 2 atom stereocenters. The average molecular weight is 279 g/mol. The van der Waals surface area contributed by atoms with E-state index in [0.29, 0.717) is 17.7 Å². The van der Waals surface area contributed by atoms with Gasteiger partial charge in [0.05, 0.1) is 18.8 Å². The monoisotopic (exact) mass is 279 g/mol. The Bertz CT molecular complexity index is 456. The molecule has 0 N–H and O–H groups in total. The van der Waals surface area contributed by atoms with Crippen LogP contribution >= 0.6 is 0 Å². The van der Waals surface area contributed by atoms with E-state index in [1.807, 2.05) is 4.68 Å². The van der Waals surface area contributed by atoms with Gasteiger partial charge in [0.15, 0.2) is 5.69 Å². The second-order valence-electron chi connectivity index (χ2n) is 5.59. The summed E-state index contributed by atoms with van der Waals surface area (Å²) in [5, 5.41) is 8.38. The van der Waals surface area contributed by atoms with Crippen LogP contribution in [0.25, 0.3) is 0 Å². The van der Waals surface area contributed by atoms with E-state index >= 15 is 0 Å². The number of methoxy groups -OCH3 is 1. The fraction of sp³-hybridized carbons (Fsp3) is 0.800. The minimum Gasteiger partial charge on any atom is -0.464 e. The fourth-order valence-electron chi connectivity index (χ4n) is 3.29. The number of rotatable bonds is 5. The zero-order valence-electron chi connectivity index (χ0n) is 12.8. The summed E-state index contributed by atoms with van der Waals surface area (Å²) in [6, 6.07) is 0.390. The molecule has 2 rings (SSSR count). The molecule has 1 heterocycles. The molecule has 5 nitrogen and oxygen atoms in total. The zero-order valence-corrected chi connectivity index (χ0v) is 12.8. The first-order valence-electron chi connectivity index (χ1n) is 7.75. The van der Waals surface area contributed by atoms with Gasteiger partial charge < -0.3 is 4.74 Å². The summed E-state index contributed by atoms with van der Waals surface area (Å²) in [5.41, 5.74) is 1.35. The van der Waals surface area contributed by atoms with Gasteiger partial charge in [0, 0.05) is 0 Å². The Morgan fingerprint density at radius 2 is 2.10 bits per heavy atom.